The van der Waals surface area contributed by atoms with Gasteiger partial charge in [0.05, 0.1) is 24.9 Å². The summed E-state index contributed by atoms with van der Waals surface area (Å²) in [5.41, 5.74) is 2.46. The summed E-state index contributed by atoms with van der Waals surface area (Å²) in [6.45, 7) is 2.66. The van der Waals surface area contributed by atoms with E-state index in [4.69, 9.17) is 16.3 Å². The SMILES string of the molecule is CCOc1ccc(-c2cc3c(=O)n(CC(O)c4cccc(Cl)c4)ccn3n2)cc1. The van der Waals surface area contributed by atoms with E-state index in [1.165, 1.54) is 4.57 Å². The molecule has 2 aromatic heterocycles. The number of hydrogen-bond donors (Lipinski definition) is 1. The summed E-state index contributed by atoms with van der Waals surface area (Å²) in [5, 5.41) is 15.5. The lowest BCUT2D eigenvalue weighted by Crippen LogP contribution is -2.24. The van der Waals surface area contributed by atoms with Gasteiger partial charge in [-0.05, 0) is 55.0 Å². The number of nitrogens with zero attached hydrogens (tertiary/aromatic N) is 3. The third-order valence-corrected chi connectivity index (χ3v) is 4.90. The van der Waals surface area contributed by atoms with Gasteiger partial charge >= 0.3 is 0 Å². The van der Waals surface area contributed by atoms with Crippen LogP contribution in [-0.2, 0) is 6.54 Å². The lowest BCUT2D eigenvalue weighted by molar-refractivity contribution is 0.155. The Labute approximate surface area is 172 Å². The number of aromatic nitrogens is 3. The molecule has 4 rings (SSSR count). The zero-order valence-corrected chi connectivity index (χ0v) is 16.6. The van der Waals surface area contributed by atoms with E-state index < -0.39 is 6.10 Å². The van der Waals surface area contributed by atoms with Crippen molar-refractivity contribution in [2.24, 2.45) is 0 Å². The van der Waals surface area contributed by atoms with Crippen molar-refractivity contribution < 1.29 is 9.84 Å². The Morgan fingerprint density at radius 1 is 1.14 bits per heavy atom. The Bertz CT molecular complexity index is 1200. The number of benzene rings is 2. The Kier molecular flexibility index (Phi) is 5.38. The molecular weight excluding hydrogens is 390 g/mol. The van der Waals surface area contributed by atoms with Gasteiger partial charge in [0.25, 0.3) is 5.56 Å². The van der Waals surface area contributed by atoms with E-state index >= 15 is 0 Å². The monoisotopic (exact) mass is 409 g/mol. The van der Waals surface area contributed by atoms with Gasteiger partial charge in [-0.3, -0.25) is 4.79 Å². The fraction of sp³-hybridized carbons (Fsp3) is 0.182. The van der Waals surface area contributed by atoms with Crippen LogP contribution < -0.4 is 10.3 Å². The van der Waals surface area contributed by atoms with Crippen molar-refractivity contribution in [1.29, 1.82) is 0 Å². The predicted octanol–water partition coefficient (Wildman–Crippen LogP) is 3.95. The van der Waals surface area contributed by atoms with Gasteiger partial charge in [0.2, 0.25) is 0 Å². The van der Waals surface area contributed by atoms with E-state index in [2.05, 4.69) is 5.10 Å². The first-order valence-corrected chi connectivity index (χ1v) is 9.68. The van der Waals surface area contributed by atoms with E-state index in [1.54, 1.807) is 47.2 Å². The number of rotatable bonds is 6. The number of fused-ring (bicyclic) bond motifs is 1. The number of hydrogen-bond acceptors (Lipinski definition) is 4. The van der Waals surface area contributed by atoms with Gasteiger partial charge in [0.1, 0.15) is 11.3 Å². The maximum Gasteiger partial charge on any atom is 0.276 e. The molecule has 2 heterocycles. The lowest BCUT2D eigenvalue weighted by Gasteiger charge is -2.13. The Balaban J connectivity index is 1.63. The summed E-state index contributed by atoms with van der Waals surface area (Å²) in [6.07, 6.45) is 2.49. The minimum atomic E-state index is -0.845. The highest BCUT2D eigenvalue weighted by atomic mass is 35.5. The molecule has 148 valence electrons. The van der Waals surface area contributed by atoms with Gasteiger partial charge in [-0.25, -0.2) is 4.52 Å². The number of aliphatic hydroxyl groups is 1. The molecular formula is C22H20ClN3O3. The first-order valence-electron chi connectivity index (χ1n) is 9.30. The smallest absolute Gasteiger partial charge is 0.276 e. The molecule has 4 aromatic rings. The van der Waals surface area contributed by atoms with Gasteiger partial charge in [0.15, 0.2) is 0 Å². The molecule has 0 aliphatic carbocycles. The van der Waals surface area contributed by atoms with Crippen LogP contribution in [0.5, 0.6) is 5.75 Å². The molecule has 0 fully saturated rings. The van der Waals surface area contributed by atoms with Crippen molar-refractivity contribution in [1.82, 2.24) is 14.2 Å². The average Bonchev–Trinajstić information content (AvgIpc) is 3.16. The molecule has 0 spiro atoms. The summed E-state index contributed by atoms with van der Waals surface area (Å²) in [5.74, 6) is 0.789. The Hall–Kier alpha value is -3.09. The lowest BCUT2D eigenvalue weighted by atomic mass is 10.1. The minimum Gasteiger partial charge on any atom is -0.494 e. The third kappa shape index (κ3) is 4.04. The standard InChI is InChI=1S/C22H20ClN3O3/c1-2-29-18-8-6-15(7-9-18)19-13-20-22(28)25(10-11-26(20)24-19)14-21(27)16-4-3-5-17(23)12-16/h3-13,21,27H,2,14H2,1H3. The molecule has 1 atom stereocenters. The molecule has 1 unspecified atom stereocenters. The molecule has 0 bridgehead atoms. The van der Waals surface area contributed by atoms with Crippen molar-refractivity contribution in [3.63, 3.8) is 0 Å². The zero-order valence-electron chi connectivity index (χ0n) is 15.8. The first-order chi connectivity index (χ1) is 14.0. The van der Waals surface area contributed by atoms with E-state index in [1.807, 2.05) is 31.2 Å². The molecule has 7 heteroatoms. The molecule has 2 aromatic carbocycles. The summed E-state index contributed by atoms with van der Waals surface area (Å²) >= 11 is 5.99. The number of aliphatic hydroxyl groups excluding tert-OH is 1. The molecule has 29 heavy (non-hydrogen) atoms. The quantitative estimate of drug-likeness (QED) is 0.523. The van der Waals surface area contributed by atoms with Crippen molar-refractivity contribution in [3.8, 4) is 17.0 Å². The molecule has 1 N–H and O–H groups in total. The second-order valence-corrected chi connectivity index (χ2v) is 7.08. The maximum atomic E-state index is 12.9. The van der Waals surface area contributed by atoms with Crippen LogP contribution in [0.1, 0.15) is 18.6 Å². The summed E-state index contributed by atoms with van der Waals surface area (Å²) < 4.78 is 8.49. The molecule has 0 aliphatic rings. The highest BCUT2D eigenvalue weighted by Crippen LogP contribution is 2.22. The van der Waals surface area contributed by atoms with Crippen LogP contribution in [-0.4, -0.2) is 25.9 Å². The topological polar surface area (TPSA) is 68.8 Å². The van der Waals surface area contributed by atoms with Crippen LogP contribution in [0.3, 0.4) is 0 Å². The molecule has 0 saturated heterocycles. The minimum absolute atomic E-state index is 0.124. The normalized spacial score (nSPS) is 12.2. The van der Waals surface area contributed by atoms with Gasteiger partial charge in [-0.1, -0.05) is 23.7 Å². The zero-order chi connectivity index (χ0) is 20.4. The molecule has 0 amide bonds. The second kappa shape index (κ2) is 8.11. The summed E-state index contributed by atoms with van der Waals surface area (Å²) in [7, 11) is 0. The van der Waals surface area contributed by atoms with Crippen LogP contribution in [0.15, 0.2) is 71.8 Å². The fourth-order valence-electron chi connectivity index (χ4n) is 3.21. The fourth-order valence-corrected chi connectivity index (χ4v) is 3.40. The van der Waals surface area contributed by atoms with E-state index in [9.17, 15) is 9.90 Å². The van der Waals surface area contributed by atoms with Crippen LogP contribution in [0.25, 0.3) is 16.8 Å². The van der Waals surface area contributed by atoms with Gasteiger partial charge in [-0.2, -0.15) is 5.10 Å². The van der Waals surface area contributed by atoms with Gasteiger partial charge < -0.3 is 14.4 Å². The molecule has 0 saturated carbocycles. The summed E-state index contributed by atoms with van der Waals surface area (Å²) in [6, 6.07) is 16.3. The average molecular weight is 410 g/mol. The Morgan fingerprint density at radius 2 is 1.93 bits per heavy atom. The van der Waals surface area contributed by atoms with Gasteiger partial charge in [-0.15, -0.1) is 0 Å². The highest BCUT2D eigenvalue weighted by molar-refractivity contribution is 6.30. The van der Waals surface area contributed by atoms with Crippen LogP contribution in [0.2, 0.25) is 5.02 Å². The summed E-state index contributed by atoms with van der Waals surface area (Å²) in [4.78, 5) is 12.9. The van der Waals surface area contributed by atoms with Crippen LogP contribution in [0.4, 0.5) is 0 Å². The highest BCUT2D eigenvalue weighted by Gasteiger charge is 2.13. The van der Waals surface area contributed by atoms with Crippen molar-refractivity contribution in [2.75, 3.05) is 6.61 Å². The van der Waals surface area contributed by atoms with Crippen molar-refractivity contribution in [2.45, 2.75) is 19.6 Å². The van der Waals surface area contributed by atoms with E-state index in [0.717, 1.165) is 11.3 Å². The van der Waals surface area contributed by atoms with E-state index in [0.29, 0.717) is 28.4 Å². The van der Waals surface area contributed by atoms with Gasteiger partial charge in [0, 0.05) is 23.0 Å². The second-order valence-electron chi connectivity index (χ2n) is 6.64. The first kappa shape index (κ1) is 19.2. The predicted molar refractivity (Wildman–Crippen MR) is 112 cm³/mol. The van der Waals surface area contributed by atoms with Crippen LogP contribution >= 0.6 is 11.6 Å². The van der Waals surface area contributed by atoms with Crippen LogP contribution in [0, 0.1) is 0 Å². The Morgan fingerprint density at radius 3 is 2.66 bits per heavy atom. The molecule has 0 radical (unpaired) electrons. The third-order valence-electron chi connectivity index (χ3n) is 4.67. The largest absolute Gasteiger partial charge is 0.494 e. The molecule has 6 nitrogen and oxygen atoms in total. The number of halogens is 1. The van der Waals surface area contributed by atoms with E-state index in [-0.39, 0.29) is 12.1 Å². The van der Waals surface area contributed by atoms with Crippen molar-refractivity contribution in [3.05, 3.63) is 87.9 Å². The van der Waals surface area contributed by atoms with Crippen molar-refractivity contribution >= 4 is 17.1 Å². The maximum absolute atomic E-state index is 12.9. The molecule has 0 aliphatic heterocycles. The number of ether oxygens (including phenoxy) is 1.